The zero-order chi connectivity index (χ0) is 9.26. The molecule has 0 amide bonds. The van der Waals surface area contributed by atoms with E-state index < -0.39 is 0 Å². The number of nitrogens with two attached hydrogens (primary N) is 1. The number of halogens is 1. The van der Waals surface area contributed by atoms with Crippen LogP contribution in [0.1, 0.15) is 0 Å². The minimum absolute atomic E-state index is 0.202. The number of nitrogen functional groups attached to an aromatic ring is 1. The summed E-state index contributed by atoms with van der Waals surface area (Å²) >= 11 is 2.25. The van der Waals surface area contributed by atoms with Gasteiger partial charge in [-0.25, -0.2) is 4.98 Å². The third-order valence-corrected chi connectivity index (χ3v) is 2.37. The second kappa shape index (κ2) is 3.37. The largest absolute Gasteiger partial charge is 0.424 e. The standard InChI is InChI=1S/C9H7IN2O/c10-7-3-1-6(2-4-7)8-5-12-9(11)13-8/h1-5H,(H2,11,12). The Morgan fingerprint density at radius 1 is 1.23 bits per heavy atom. The second-order valence-corrected chi connectivity index (χ2v) is 3.82. The highest BCUT2D eigenvalue weighted by Crippen LogP contribution is 2.21. The van der Waals surface area contributed by atoms with Gasteiger partial charge in [-0.05, 0) is 34.7 Å². The number of hydrogen-bond donors (Lipinski definition) is 1. The van der Waals surface area contributed by atoms with Crippen molar-refractivity contribution < 1.29 is 4.42 Å². The molecule has 1 aromatic carbocycles. The van der Waals surface area contributed by atoms with Gasteiger partial charge >= 0.3 is 0 Å². The molecule has 0 aliphatic carbocycles. The number of rotatable bonds is 1. The van der Waals surface area contributed by atoms with E-state index in [0.717, 1.165) is 5.56 Å². The van der Waals surface area contributed by atoms with Crippen LogP contribution in [-0.4, -0.2) is 4.98 Å². The smallest absolute Gasteiger partial charge is 0.292 e. The maximum atomic E-state index is 5.37. The van der Waals surface area contributed by atoms with E-state index in [1.165, 1.54) is 3.57 Å². The van der Waals surface area contributed by atoms with Gasteiger partial charge in [0.15, 0.2) is 5.76 Å². The lowest BCUT2D eigenvalue weighted by atomic mass is 10.2. The lowest BCUT2D eigenvalue weighted by Gasteiger charge is -1.94. The number of nitrogens with zero attached hydrogens (tertiary/aromatic N) is 1. The van der Waals surface area contributed by atoms with E-state index in [4.69, 9.17) is 10.2 Å². The summed E-state index contributed by atoms with van der Waals surface area (Å²) in [4.78, 5) is 3.82. The molecule has 1 heterocycles. The third-order valence-electron chi connectivity index (χ3n) is 1.65. The molecule has 0 aliphatic heterocycles. The van der Waals surface area contributed by atoms with Crippen molar-refractivity contribution in [2.75, 3.05) is 5.73 Å². The summed E-state index contributed by atoms with van der Waals surface area (Å²) in [6.07, 6.45) is 1.62. The van der Waals surface area contributed by atoms with Gasteiger partial charge in [0.25, 0.3) is 6.01 Å². The van der Waals surface area contributed by atoms with Crippen LogP contribution in [0.25, 0.3) is 11.3 Å². The molecule has 2 rings (SSSR count). The fourth-order valence-electron chi connectivity index (χ4n) is 1.04. The zero-order valence-electron chi connectivity index (χ0n) is 6.70. The van der Waals surface area contributed by atoms with Gasteiger partial charge in [-0.2, -0.15) is 0 Å². The first-order valence-corrected chi connectivity index (χ1v) is 4.81. The Morgan fingerprint density at radius 2 is 1.92 bits per heavy atom. The molecule has 4 heteroatoms. The number of aromatic nitrogens is 1. The molecule has 0 radical (unpaired) electrons. The molecule has 66 valence electrons. The fourth-order valence-corrected chi connectivity index (χ4v) is 1.39. The van der Waals surface area contributed by atoms with E-state index >= 15 is 0 Å². The van der Waals surface area contributed by atoms with Crippen molar-refractivity contribution in [3.63, 3.8) is 0 Å². The predicted octanol–water partition coefficient (Wildman–Crippen LogP) is 2.53. The number of oxazole rings is 1. The average Bonchev–Trinajstić information content (AvgIpc) is 2.53. The summed E-state index contributed by atoms with van der Waals surface area (Å²) < 4.78 is 6.36. The molecule has 3 nitrogen and oxygen atoms in total. The highest BCUT2D eigenvalue weighted by molar-refractivity contribution is 14.1. The Bertz CT molecular complexity index is 408. The van der Waals surface area contributed by atoms with Crippen LogP contribution in [0, 0.1) is 3.57 Å². The lowest BCUT2D eigenvalue weighted by molar-refractivity contribution is 0.595. The summed E-state index contributed by atoms with van der Waals surface area (Å²) in [5, 5.41) is 0. The van der Waals surface area contributed by atoms with Crippen LogP contribution < -0.4 is 5.73 Å². The summed E-state index contributed by atoms with van der Waals surface area (Å²) in [5.41, 5.74) is 6.36. The van der Waals surface area contributed by atoms with Crippen molar-refractivity contribution in [1.82, 2.24) is 4.98 Å². The number of benzene rings is 1. The quantitative estimate of drug-likeness (QED) is 0.819. The normalized spacial score (nSPS) is 10.2. The maximum absolute atomic E-state index is 5.37. The lowest BCUT2D eigenvalue weighted by Crippen LogP contribution is -1.80. The minimum atomic E-state index is 0.202. The van der Waals surface area contributed by atoms with Crippen LogP contribution in [0.2, 0.25) is 0 Å². The molecule has 2 aromatic rings. The fraction of sp³-hybridized carbons (Fsp3) is 0. The molecular weight excluding hydrogens is 279 g/mol. The Hall–Kier alpha value is -1.04. The molecule has 0 aliphatic rings. The highest BCUT2D eigenvalue weighted by atomic mass is 127. The van der Waals surface area contributed by atoms with Gasteiger partial charge < -0.3 is 10.2 Å². The topological polar surface area (TPSA) is 52.0 Å². The van der Waals surface area contributed by atoms with Gasteiger partial charge in [-0.15, -0.1) is 0 Å². The molecule has 0 bridgehead atoms. The Balaban J connectivity index is 2.41. The average molecular weight is 286 g/mol. The van der Waals surface area contributed by atoms with E-state index in [0.29, 0.717) is 5.76 Å². The first kappa shape index (κ1) is 8.55. The van der Waals surface area contributed by atoms with E-state index in [-0.39, 0.29) is 6.01 Å². The van der Waals surface area contributed by atoms with Crippen LogP contribution >= 0.6 is 22.6 Å². The first-order valence-electron chi connectivity index (χ1n) is 3.73. The zero-order valence-corrected chi connectivity index (χ0v) is 8.86. The van der Waals surface area contributed by atoms with Gasteiger partial charge in [0.2, 0.25) is 0 Å². The van der Waals surface area contributed by atoms with E-state index in [1.54, 1.807) is 6.20 Å². The van der Waals surface area contributed by atoms with Crippen molar-refractivity contribution in [3.05, 3.63) is 34.0 Å². The predicted molar refractivity (Wildman–Crippen MR) is 59.1 cm³/mol. The Labute approximate surface area is 89.1 Å². The molecule has 0 saturated carbocycles. The molecule has 1 aromatic heterocycles. The summed E-state index contributed by atoms with van der Waals surface area (Å²) in [5.74, 6) is 0.703. The van der Waals surface area contributed by atoms with E-state index in [9.17, 15) is 0 Å². The molecule has 0 saturated heterocycles. The Morgan fingerprint density at radius 3 is 2.46 bits per heavy atom. The van der Waals surface area contributed by atoms with Crippen molar-refractivity contribution in [1.29, 1.82) is 0 Å². The third kappa shape index (κ3) is 1.82. The van der Waals surface area contributed by atoms with Crippen LogP contribution in [0.5, 0.6) is 0 Å². The van der Waals surface area contributed by atoms with E-state index in [1.807, 2.05) is 24.3 Å². The molecule has 13 heavy (non-hydrogen) atoms. The second-order valence-electron chi connectivity index (χ2n) is 2.57. The Kier molecular flexibility index (Phi) is 2.22. The van der Waals surface area contributed by atoms with Crippen molar-refractivity contribution in [3.8, 4) is 11.3 Å². The molecular formula is C9H7IN2O. The SMILES string of the molecule is Nc1ncc(-c2ccc(I)cc2)o1. The molecule has 0 spiro atoms. The monoisotopic (exact) mass is 286 g/mol. The van der Waals surface area contributed by atoms with Crippen molar-refractivity contribution >= 4 is 28.6 Å². The van der Waals surface area contributed by atoms with Gasteiger partial charge in [0.05, 0.1) is 6.20 Å². The number of hydrogen-bond acceptors (Lipinski definition) is 3. The number of anilines is 1. The minimum Gasteiger partial charge on any atom is -0.424 e. The van der Waals surface area contributed by atoms with Crippen molar-refractivity contribution in [2.24, 2.45) is 0 Å². The summed E-state index contributed by atoms with van der Waals surface area (Å²) in [6, 6.07) is 8.17. The highest BCUT2D eigenvalue weighted by Gasteiger charge is 2.02. The van der Waals surface area contributed by atoms with Gasteiger partial charge in [-0.3, -0.25) is 0 Å². The summed E-state index contributed by atoms with van der Waals surface area (Å²) in [7, 11) is 0. The van der Waals surface area contributed by atoms with Gasteiger partial charge in [-0.1, -0.05) is 12.1 Å². The van der Waals surface area contributed by atoms with Crippen LogP contribution in [-0.2, 0) is 0 Å². The molecule has 2 N–H and O–H groups in total. The van der Waals surface area contributed by atoms with Gasteiger partial charge in [0.1, 0.15) is 0 Å². The van der Waals surface area contributed by atoms with Crippen LogP contribution in [0.3, 0.4) is 0 Å². The van der Waals surface area contributed by atoms with Crippen LogP contribution in [0.4, 0.5) is 6.01 Å². The summed E-state index contributed by atoms with van der Waals surface area (Å²) in [6.45, 7) is 0. The molecule has 0 atom stereocenters. The van der Waals surface area contributed by atoms with E-state index in [2.05, 4.69) is 27.6 Å². The molecule has 0 fully saturated rings. The van der Waals surface area contributed by atoms with Crippen LogP contribution in [0.15, 0.2) is 34.9 Å². The maximum Gasteiger partial charge on any atom is 0.292 e. The van der Waals surface area contributed by atoms with Crippen molar-refractivity contribution in [2.45, 2.75) is 0 Å². The van der Waals surface area contributed by atoms with Gasteiger partial charge in [0, 0.05) is 9.13 Å². The molecule has 0 unspecified atom stereocenters. The first-order chi connectivity index (χ1) is 6.25.